The molecule has 1 saturated heterocycles. The van der Waals surface area contributed by atoms with Gasteiger partial charge in [0.1, 0.15) is 0 Å². The van der Waals surface area contributed by atoms with Gasteiger partial charge in [0.25, 0.3) is 0 Å². The Kier molecular flexibility index (Phi) is 2.42. The van der Waals surface area contributed by atoms with E-state index in [-0.39, 0.29) is 0 Å². The molecule has 1 aliphatic heterocycles. The molecule has 0 unspecified atom stereocenters. The number of nitrogens with zero attached hydrogens (tertiary/aromatic N) is 3. The maximum absolute atomic E-state index is 4.02. The summed E-state index contributed by atoms with van der Waals surface area (Å²) >= 11 is 0. The van der Waals surface area contributed by atoms with E-state index in [9.17, 15) is 0 Å². The third-order valence-electron chi connectivity index (χ3n) is 2.37. The smallest absolute Gasteiger partial charge is 0.0956 e. The van der Waals surface area contributed by atoms with Gasteiger partial charge in [0.2, 0.25) is 0 Å². The molecule has 1 aliphatic rings. The van der Waals surface area contributed by atoms with Gasteiger partial charge in [-0.05, 0) is 25.9 Å². The third-order valence-corrected chi connectivity index (χ3v) is 2.37. The summed E-state index contributed by atoms with van der Waals surface area (Å²) in [5, 5.41) is 0. The monoisotopic (exact) mass is 165 g/mol. The van der Waals surface area contributed by atoms with Gasteiger partial charge >= 0.3 is 0 Å². The summed E-state index contributed by atoms with van der Waals surface area (Å²) in [6, 6.07) is 0. The summed E-state index contributed by atoms with van der Waals surface area (Å²) in [5.41, 5.74) is 0. The zero-order chi connectivity index (χ0) is 8.23. The van der Waals surface area contributed by atoms with Crippen molar-refractivity contribution >= 4 is 0 Å². The zero-order valence-corrected chi connectivity index (χ0v) is 7.32. The average Bonchev–Trinajstić information content (AvgIpc) is 2.59. The van der Waals surface area contributed by atoms with Gasteiger partial charge in [0, 0.05) is 12.4 Å². The Labute approximate surface area is 73.0 Å². The molecule has 1 aromatic rings. The van der Waals surface area contributed by atoms with Crippen molar-refractivity contribution in [3.63, 3.8) is 0 Å². The van der Waals surface area contributed by atoms with Crippen LogP contribution in [-0.2, 0) is 6.67 Å². The molecule has 0 aliphatic carbocycles. The van der Waals surface area contributed by atoms with Crippen LogP contribution in [0.5, 0.6) is 0 Å². The third kappa shape index (κ3) is 1.85. The van der Waals surface area contributed by atoms with E-state index in [2.05, 4.69) is 14.5 Å². The molecular weight excluding hydrogens is 150 g/mol. The van der Waals surface area contributed by atoms with Crippen molar-refractivity contribution in [1.82, 2.24) is 14.5 Å². The van der Waals surface area contributed by atoms with Crippen molar-refractivity contribution in [3.8, 4) is 0 Å². The van der Waals surface area contributed by atoms with Gasteiger partial charge in [0.15, 0.2) is 0 Å². The molecule has 2 rings (SSSR count). The SMILES string of the molecule is c1cn(CN2CCCCC2)cn1. The molecule has 0 atom stereocenters. The van der Waals surface area contributed by atoms with Crippen LogP contribution in [0.25, 0.3) is 0 Å². The lowest BCUT2D eigenvalue weighted by Gasteiger charge is -2.26. The predicted molar refractivity (Wildman–Crippen MR) is 47.7 cm³/mol. The molecule has 0 radical (unpaired) electrons. The van der Waals surface area contributed by atoms with Crippen molar-refractivity contribution in [3.05, 3.63) is 18.7 Å². The van der Waals surface area contributed by atoms with E-state index in [4.69, 9.17) is 0 Å². The van der Waals surface area contributed by atoms with Crippen LogP contribution in [0, 0.1) is 0 Å². The summed E-state index contributed by atoms with van der Waals surface area (Å²) in [6.45, 7) is 3.51. The second kappa shape index (κ2) is 3.72. The minimum absolute atomic E-state index is 1.01. The van der Waals surface area contributed by atoms with Gasteiger partial charge in [-0.15, -0.1) is 0 Å². The summed E-state index contributed by atoms with van der Waals surface area (Å²) in [7, 11) is 0. The van der Waals surface area contributed by atoms with E-state index in [1.807, 2.05) is 18.7 Å². The van der Waals surface area contributed by atoms with Gasteiger partial charge < -0.3 is 4.57 Å². The second-order valence-electron chi connectivity index (χ2n) is 3.40. The topological polar surface area (TPSA) is 21.1 Å². The highest BCUT2D eigenvalue weighted by atomic mass is 15.3. The molecule has 0 N–H and O–H groups in total. The van der Waals surface area contributed by atoms with Crippen LogP contribution in [-0.4, -0.2) is 27.5 Å². The number of imidazole rings is 1. The molecule has 0 saturated carbocycles. The van der Waals surface area contributed by atoms with Crippen LogP contribution in [0.4, 0.5) is 0 Å². The molecule has 0 spiro atoms. The Bertz CT molecular complexity index is 212. The highest BCUT2D eigenvalue weighted by Crippen LogP contribution is 2.09. The number of aromatic nitrogens is 2. The van der Waals surface area contributed by atoms with Gasteiger partial charge in [-0.3, -0.25) is 4.90 Å². The normalized spacial score (nSPS) is 19.7. The molecule has 3 nitrogen and oxygen atoms in total. The van der Waals surface area contributed by atoms with Crippen molar-refractivity contribution in [1.29, 1.82) is 0 Å². The lowest BCUT2D eigenvalue weighted by molar-refractivity contribution is 0.182. The molecule has 66 valence electrons. The fourth-order valence-electron chi connectivity index (χ4n) is 1.70. The highest BCUT2D eigenvalue weighted by molar-refractivity contribution is 4.74. The van der Waals surface area contributed by atoms with E-state index < -0.39 is 0 Å². The average molecular weight is 165 g/mol. The molecule has 0 bridgehead atoms. The standard InChI is InChI=1S/C9H15N3/c1-2-5-11(6-3-1)9-12-7-4-10-8-12/h4,7-8H,1-3,5-6,9H2. The summed E-state index contributed by atoms with van der Waals surface area (Å²) in [6.07, 6.45) is 9.86. The second-order valence-corrected chi connectivity index (χ2v) is 3.40. The van der Waals surface area contributed by atoms with Crippen molar-refractivity contribution in [2.75, 3.05) is 13.1 Å². The molecule has 0 aromatic carbocycles. The molecular formula is C9H15N3. The van der Waals surface area contributed by atoms with E-state index in [1.54, 1.807) is 0 Å². The summed E-state index contributed by atoms with van der Waals surface area (Å²) in [5.74, 6) is 0. The molecule has 0 amide bonds. The first kappa shape index (κ1) is 7.80. The van der Waals surface area contributed by atoms with Crippen molar-refractivity contribution < 1.29 is 0 Å². The Balaban J connectivity index is 1.86. The number of piperidine rings is 1. The fourth-order valence-corrected chi connectivity index (χ4v) is 1.70. The first-order valence-corrected chi connectivity index (χ1v) is 4.63. The zero-order valence-electron chi connectivity index (χ0n) is 7.32. The Morgan fingerprint density at radius 2 is 2.00 bits per heavy atom. The minimum atomic E-state index is 1.01. The number of hydrogen-bond acceptors (Lipinski definition) is 2. The lowest BCUT2D eigenvalue weighted by atomic mass is 10.1. The van der Waals surface area contributed by atoms with E-state index in [1.165, 1.54) is 32.4 Å². The van der Waals surface area contributed by atoms with Gasteiger partial charge in [-0.2, -0.15) is 0 Å². The lowest BCUT2D eigenvalue weighted by Crippen LogP contribution is -2.31. The van der Waals surface area contributed by atoms with Crippen LogP contribution in [0.3, 0.4) is 0 Å². The Morgan fingerprint density at radius 3 is 2.67 bits per heavy atom. The molecule has 1 aromatic heterocycles. The first-order chi connectivity index (χ1) is 5.95. The molecule has 2 heterocycles. The first-order valence-electron chi connectivity index (χ1n) is 4.63. The van der Waals surface area contributed by atoms with Crippen LogP contribution in [0.1, 0.15) is 19.3 Å². The number of hydrogen-bond donors (Lipinski definition) is 0. The van der Waals surface area contributed by atoms with E-state index in [0.29, 0.717) is 0 Å². The van der Waals surface area contributed by atoms with Crippen LogP contribution < -0.4 is 0 Å². The highest BCUT2D eigenvalue weighted by Gasteiger charge is 2.09. The minimum Gasteiger partial charge on any atom is -0.324 e. The van der Waals surface area contributed by atoms with Gasteiger partial charge in [0.05, 0.1) is 13.0 Å². The van der Waals surface area contributed by atoms with Crippen molar-refractivity contribution in [2.24, 2.45) is 0 Å². The van der Waals surface area contributed by atoms with Crippen LogP contribution in [0.2, 0.25) is 0 Å². The number of likely N-dealkylation sites (tertiary alicyclic amines) is 1. The summed E-state index contributed by atoms with van der Waals surface area (Å²) < 4.78 is 2.13. The van der Waals surface area contributed by atoms with E-state index >= 15 is 0 Å². The maximum Gasteiger partial charge on any atom is 0.0956 e. The molecule has 3 heteroatoms. The number of rotatable bonds is 2. The van der Waals surface area contributed by atoms with E-state index in [0.717, 1.165) is 6.67 Å². The van der Waals surface area contributed by atoms with Crippen LogP contribution >= 0.6 is 0 Å². The molecule has 12 heavy (non-hydrogen) atoms. The van der Waals surface area contributed by atoms with Gasteiger partial charge in [-0.1, -0.05) is 6.42 Å². The Morgan fingerprint density at radius 1 is 1.17 bits per heavy atom. The fraction of sp³-hybridized carbons (Fsp3) is 0.667. The largest absolute Gasteiger partial charge is 0.324 e. The Hall–Kier alpha value is -0.830. The van der Waals surface area contributed by atoms with Gasteiger partial charge in [-0.25, -0.2) is 4.98 Å². The van der Waals surface area contributed by atoms with Crippen molar-refractivity contribution in [2.45, 2.75) is 25.9 Å². The predicted octanol–water partition coefficient (Wildman–Crippen LogP) is 1.33. The molecule has 1 fully saturated rings. The quantitative estimate of drug-likeness (QED) is 0.659. The van der Waals surface area contributed by atoms with Crippen LogP contribution in [0.15, 0.2) is 18.7 Å². The summed E-state index contributed by atoms with van der Waals surface area (Å²) in [4.78, 5) is 6.50. The maximum atomic E-state index is 4.02.